The number of amides is 1. The Morgan fingerprint density at radius 3 is 2.95 bits per heavy atom. The average molecular weight is 341 g/mol. The summed E-state index contributed by atoms with van der Waals surface area (Å²) in [6.45, 7) is 3.66. The Bertz CT molecular complexity index is 664. The number of ether oxygens (including phenoxy) is 1. The molecule has 0 unspecified atom stereocenters. The van der Waals surface area contributed by atoms with Crippen molar-refractivity contribution in [3.63, 3.8) is 0 Å². The van der Waals surface area contributed by atoms with Crippen molar-refractivity contribution in [3.8, 4) is 0 Å². The second kappa shape index (κ2) is 6.68. The SMILES string of the molecule is Cn1cc(Cl)cc1C(=O)NCc1cnc(N2CCOCC2)s1. The van der Waals surface area contributed by atoms with Crippen molar-refractivity contribution in [3.05, 3.63) is 34.1 Å². The Kier molecular flexibility index (Phi) is 4.66. The van der Waals surface area contributed by atoms with Crippen molar-refractivity contribution >= 4 is 34.0 Å². The molecule has 0 aliphatic carbocycles. The molecule has 0 aromatic carbocycles. The second-order valence-corrected chi connectivity index (χ2v) is 6.58. The van der Waals surface area contributed by atoms with E-state index in [4.69, 9.17) is 16.3 Å². The van der Waals surface area contributed by atoms with Gasteiger partial charge in [-0.1, -0.05) is 11.6 Å². The molecular formula is C14H17ClN4O2S. The number of rotatable bonds is 4. The van der Waals surface area contributed by atoms with Crippen LogP contribution in [0.2, 0.25) is 5.02 Å². The second-order valence-electron chi connectivity index (χ2n) is 5.05. The monoisotopic (exact) mass is 340 g/mol. The smallest absolute Gasteiger partial charge is 0.268 e. The molecule has 0 saturated carbocycles. The van der Waals surface area contributed by atoms with Gasteiger partial charge >= 0.3 is 0 Å². The molecule has 1 N–H and O–H groups in total. The lowest BCUT2D eigenvalue weighted by molar-refractivity contribution is 0.0943. The summed E-state index contributed by atoms with van der Waals surface area (Å²) in [4.78, 5) is 19.8. The minimum atomic E-state index is -0.143. The molecule has 0 atom stereocenters. The maximum absolute atomic E-state index is 12.1. The molecule has 22 heavy (non-hydrogen) atoms. The first-order valence-corrected chi connectivity index (χ1v) is 8.20. The molecule has 1 fully saturated rings. The predicted molar refractivity (Wildman–Crippen MR) is 86.7 cm³/mol. The van der Waals surface area contributed by atoms with Gasteiger partial charge in [0.1, 0.15) is 5.69 Å². The van der Waals surface area contributed by atoms with Crippen LogP contribution in [0, 0.1) is 0 Å². The Labute approximate surface area is 137 Å². The number of morpholine rings is 1. The van der Waals surface area contributed by atoms with Gasteiger partial charge in [-0.15, -0.1) is 11.3 Å². The van der Waals surface area contributed by atoms with Gasteiger partial charge in [0.2, 0.25) is 0 Å². The number of nitrogens with one attached hydrogen (secondary N) is 1. The lowest BCUT2D eigenvalue weighted by Crippen LogP contribution is -2.36. The summed E-state index contributed by atoms with van der Waals surface area (Å²) in [6.07, 6.45) is 3.52. The molecule has 3 rings (SSSR count). The molecule has 0 spiro atoms. The van der Waals surface area contributed by atoms with Gasteiger partial charge in [0, 0.05) is 37.4 Å². The number of aromatic nitrogens is 2. The summed E-state index contributed by atoms with van der Waals surface area (Å²) in [5, 5.41) is 4.43. The maximum Gasteiger partial charge on any atom is 0.268 e. The number of hydrogen-bond donors (Lipinski definition) is 1. The van der Waals surface area contributed by atoms with Crippen LogP contribution in [0.5, 0.6) is 0 Å². The van der Waals surface area contributed by atoms with Gasteiger partial charge < -0.3 is 19.5 Å². The third kappa shape index (κ3) is 3.43. The van der Waals surface area contributed by atoms with E-state index in [0.29, 0.717) is 17.3 Å². The van der Waals surface area contributed by atoms with E-state index in [-0.39, 0.29) is 5.91 Å². The largest absolute Gasteiger partial charge is 0.378 e. The average Bonchev–Trinajstić information content (AvgIpc) is 3.12. The summed E-state index contributed by atoms with van der Waals surface area (Å²) in [5.74, 6) is -0.143. The van der Waals surface area contributed by atoms with Crippen molar-refractivity contribution < 1.29 is 9.53 Å². The number of aryl methyl sites for hydroxylation is 1. The maximum atomic E-state index is 12.1. The zero-order valence-corrected chi connectivity index (χ0v) is 13.8. The number of carbonyl (C=O) groups is 1. The van der Waals surface area contributed by atoms with Crippen LogP contribution in [0.15, 0.2) is 18.5 Å². The molecule has 1 aliphatic heterocycles. The van der Waals surface area contributed by atoms with E-state index >= 15 is 0 Å². The van der Waals surface area contributed by atoms with Crippen LogP contribution < -0.4 is 10.2 Å². The minimum Gasteiger partial charge on any atom is -0.378 e. The molecule has 0 bridgehead atoms. The minimum absolute atomic E-state index is 0.143. The Hall–Kier alpha value is -1.57. The van der Waals surface area contributed by atoms with Gasteiger partial charge in [0.15, 0.2) is 5.13 Å². The summed E-state index contributed by atoms with van der Waals surface area (Å²) in [7, 11) is 1.80. The van der Waals surface area contributed by atoms with E-state index in [0.717, 1.165) is 36.3 Å². The van der Waals surface area contributed by atoms with Crippen LogP contribution in [0.1, 0.15) is 15.4 Å². The van der Waals surface area contributed by atoms with Crippen molar-refractivity contribution in [1.82, 2.24) is 14.9 Å². The molecule has 1 aliphatic rings. The van der Waals surface area contributed by atoms with Gasteiger partial charge in [-0.3, -0.25) is 4.79 Å². The molecule has 2 aromatic heterocycles. The highest BCUT2D eigenvalue weighted by Gasteiger charge is 2.15. The zero-order valence-electron chi connectivity index (χ0n) is 12.2. The first-order chi connectivity index (χ1) is 10.6. The fourth-order valence-corrected chi connectivity index (χ4v) is 3.44. The van der Waals surface area contributed by atoms with Crippen LogP contribution in [0.25, 0.3) is 0 Å². The van der Waals surface area contributed by atoms with Gasteiger partial charge in [-0.25, -0.2) is 4.98 Å². The summed E-state index contributed by atoms with van der Waals surface area (Å²) < 4.78 is 7.05. The lowest BCUT2D eigenvalue weighted by atomic mass is 10.4. The summed E-state index contributed by atoms with van der Waals surface area (Å²) in [6, 6.07) is 1.66. The van der Waals surface area contributed by atoms with Crippen LogP contribution in [0.4, 0.5) is 5.13 Å². The molecule has 8 heteroatoms. The van der Waals surface area contributed by atoms with Crippen LogP contribution in [-0.4, -0.2) is 41.8 Å². The number of carbonyl (C=O) groups excluding carboxylic acids is 1. The number of nitrogens with zero attached hydrogens (tertiary/aromatic N) is 3. The summed E-state index contributed by atoms with van der Waals surface area (Å²) in [5.41, 5.74) is 0.544. The number of halogens is 1. The van der Waals surface area contributed by atoms with Crippen molar-refractivity contribution in [2.24, 2.45) is 7.05 Å². The standard InChI is InChI=1S/C14H17ClN4O2S/c1-18-9-10(15)6-12(18)13(20)16-7-11-8-17-14(22-11)19-2-4-21-5-3-19/h6,8-9H,2-5,7H2,1H3,(H,16,20). The predicted octanol–water partition coefficient (Wildman–Crippen LogP) is 1.90. The van der Waals surface area contributed by atoms with E-state index in [1.165, 1.54) is 0 Å². The fraction of sp³-hybridized carbons (Fsp3) is 0.429. The van der Waals surface area contributed by atoms with Crippen molar-refractivity contribution in [2.45, 2.75) is 6.54 Å². The van der Waals surface area contributed by atoms with E-state index in [9.17, 15) is 4.79 Å². The van der Waals surface area contributed by atoms with Gasteiger partial charge in [-0.05, 0) is 6.07 Å². The Morgan fingerprint density at radius 1 is 1.50 bits per heavy atom. The summed E-state index contributed by atoms with van der Waals surface area (Å²) >= 11 is 7.49. The molecule has 6 nitrogen and oxygen atoms in total. The van der Waals surface area contributed by atoms with Crippen LogP contribution in [-0.2, 0) is 18.3 Å². The van der Waals surface area contributed by atoms with Gasteiger partial charge in [-0.2, -0.15) is 0 Å². The number of anilines is 1. The third-order valence-corrected chi connectivity index (χ3v) is 4.72. The third-order valence-electron chi connectivity index (χ3n) is 3.45. The van der Waals surface area contributed by atoms with Crippen molar-refractivity contribution in [1.29, 1.82) is 0 Å². The van der Waals surface area contributed by atoms with Crippen molar-refractivity contribution in [2.75, 3.05) is 31.2 Å². The molecular weight excluding hydrogens is 324 g/mol. The van der Waals surface area contributed by atoms with Crippen LogP contribution in [0.3, 0.4) is 0 Å². The highest BCUT2D eigenvalue weighted by atomic mass is 35.5. The molecule has 3 heterocycles. The zero-order chi connectivity index (χ0) is 15.5. The Morgan fingerprint density at radius 2 is 2.27 bits per heavy atom. The quantitative estimate of drug-likeness (QED) is 0.923. The van der Waals surface area contributed by atoms with Gasteiger partial charge in [0.05, 0.1) is 24.8 Å². The fourth-order valence-electron chi connectivity index (χ4n) is 2.29. The number of hydrogen-bond acceptors (Lipinski definition) is 5. The molecule has 0 radical (unpaired) electrons. The van der Waals surface area contributed by atoms with E-state index in [1.54, 1.807) is 35.2 Å². The normalized spacial score (nSPS) is 15.1. The number of thiazole rings is 1. The highest BCUT2D eigenvalue weighted by molar-refractivity contribution is 7.15. The highest BCUT2D eigenvalue weighted by Crippen LogP contribution is 2.23. The van der Waals surface area contributed by atoms with Gasteiger partial charge in [0.25, 0.3) is 5.91 Å². The molecule has 1 amide bonds. The van der Waals surface area contributed by atoms with E-state index < -0.39 is 0 Å². The molecule has 118 valence electrons. The van der Waals surface area contributed by atoms with E-state index in [2.05, 4.69) is 15.2 Å². The first-order valence-electron chi connectivity index (χ1n) is 7.01. The first kappa shape index (κ1) is 15.3. The topological polar surface area (TPSA) is 59.4 Å². The van der Waals surface area contributed by atoms with Crippen LogP contribution >= 0.6 is 22.9 Å². The van der Waals surface area contributed by atoms with E-state index in [1.807, 2.05) is 6.20 Å². The lowest BCUT2D eigenvalue weighted by Gasteiger charge is -2.25. The molecule has 1 saturated heterocycles. The Balaban J connectivity index is 1.58. The molecule has 2 aromatic rings.